The molecule has 4 rings (SSSR count). The summed E-state index contributed by atoms with van der Waals surface area (Å²) in [5.41, 5.74) is 4.05. The van der Waals surface area contributed by atoms with E-state index >= 15 is 0 Å². The van der Waals surface area contributed by atoms with Crippen molar-refractivity contribution in [3.63, 3.8) is 0 Å². The third kappa shape index (κ3) is 4.58. The Bertz CT molecular complexity index is 1060. The van der Waals surface area contributed by atoms with Crippen LogP contribution in [0.25, 0.3) is 11.3 Å². The number of halogens is 2. The van der Waals surface area contributed by atoms with Gasteiger partial charge in [0.2, 0.25) is 5.91 Å². The monoisotopic (exact) mass is 410 g/mol. The number of nitrogens with zero attached hydrogens (tertiary/aromatic N) is 1. The zero-order valence-corrected chi connectivity index (χ0v) is 16.9. The van der Waals surface area contributed by atoms with E-state index in [1.807, 2.05) is 6.92 Å². The molecule has 30 heavy (non-hydrogen) atoms. The number of oxazole rings is 1. The Kier molecular flexibility index (Phi) is 5.93. The van der Waals surface area contributed by atoms with E-state index in [1.54, 1.807) is 0 Å². The van der Waals surface area contributed by atoms with E-state index in [1.165, 1.54) is 36.2 Å². The molecule has 0 aliphatic heterocycles. The topological polar surface area (TPSA) is 55.1 Å². The van der Waals surface area contributed by atoms with Crippen molar-refractivity contribution in [2.75, 3.05) is 0 Å². The number of nitrogens with one attached hydrogen (secondary N) is 1. The Hall–Kier alpha value is -3.02. The molecule has 0 bridgehead atoms. The summed E-state index contributed by atoms with van der Waals surface area (Å²) in [6.07, 6.45) is 6.60. The number of carbonyl (C=O) groups excluding carboxylic acids is 1. The average Bonchev–Trinajstić information content (AvgIpc) is 3.20. The second-order valence-corrected chi connectivity index (χ2v) is 7.77. The fraction of sp³-hybridized carbons (Fsp3) is 0.333. The normalized spacial score (nSPS) is 14.2. The van der Waals surface area contributed by atoms with Crippen molar-refractivity contribution in [2.45, 2.75) is 51.5 Å². The first-order valence-electron chi connectivity index (χ1n) is 10.3. The fourth-order valence-electron chi connectivity index (χ4n) is 3.88. The number of rotatable bonds is 6. The quantitative estimate of drug-likeness (QED) is 0.599. The van der Waals surface area contributed by atoms with Crippen LogP contribution in [0.15, 0.2) is 47.0 Å². The predicted octanol–water partition coefficient (Wildman–Crippen LogP) is 5.31. The van der Waals surface area contributed by atoms with E-state index in [2.05, 4.69) is 28.5 Å². The fourth-order valence-corrected chi connectivity index (χ4v) is 3.88. The molecule has 0 spiro atoms. The van der Waals surface area contributed by atoms with Gasteiger partial charge in [0.1, 0.15) is 11.6 Å². The van der Waals surface area contributed by atoms with Crippen LogP contribution in [-0.2, 0) is 24.1 Å². The first kappa shape index (κ1) is 20.3. The second kappa shape index (κ2) is 8.78. The zero-order chi connectivity index (χ0) is 21.1. The van der Waals surface area contributed by atoms with Gasteiger partial charge < -0.3 is 9.73 Å². The summed E-state index contributed by atoms with van der Waals surface area (Å²) < 4.78 is 32.5. The standard InChI is InChI=1S/C24H24F2N2O2/c1-15(17-7-6-16-4-2-3-5-18(16)12-17)28-23(29)10-11-24-27-14-22(30-24)20-9-8-19(25)13-21(20)26/h6-9,12-15H,2-5,10-11H2,1H3,(H,28,29)/t15-/m1/s1. The second-order valence-electron chi connectivity index (χ2n) is 7.77. The third-order valence-electron chi connectivity index (χ3n) is 5.57. The number of carbonyl (C=O) groups is 1. The first-order chi connectivity index (χ1) is 14.5. The van der Waals surface area contributed by atoms with Crippen molar-refractivity contribution in [1.29, 1.82) is 0 Å². The van der Waals surface area contributed by atoms with Crippen LogP contribution in [0.3, 0.4) is 0 Å². The van der Waals surface area contributed by atoms with Crippen LogP contribution >= 0.6 is 0 Å². The summed E-state index contributed by atoms with van der Waals surface area (Å²) in [4.78, 5) is 16.5. The Morgan fingerprint density at radius 2 is 1.93 bits per heavy atom. The first-order valence-corrected chi connectivity index (χ1v) is 10.3. The molecule has 0 saturated carbocycles. The van der Waals surface area contributed by atoms with Crippen molar-refractivity contribution < 1.29 is 18.0 Å². The van der Waals surface area contributed by atoms with Gasteiger partial charge in [-0.05, 0) is 61.4 Å². The van der Waals surface area contributed by atoms with Crippen LogP contribution in [0.4, 0.5) is 8.78 Å². The minimum absolute atomic E-state index is 0.0850. The Balaban J connectivity index is 1.33. The molecule has 1 N–H and O–H groups in total. The highest BCUT2D eigenvalue weighted by atomic mass is 19.1. The number of fused-ring (bicyclic) bond motifs is 1. The maximum atomic E-state index is 13.9. The molecule has 1 aliphatic rings. The number of amides is 1. The van der Waals surface area contributed by atoms with Crippen LogP contribution in [0, 0.1) is 11.6 Å². The molecule has 0 unspecified atom stereocenters. The number of benzene rings is 2. The molecule has 2 aromatic carbocycles. The molecule has 1 aliphatic carbocycles. The van der Waals surface area contributed by atoms with E-state index in [0.717, 1.165) is 30.5 Å². The van der Waals surface area contributed by atoms with Gasteiger partial charge in [-0.25, -0.2) is 13.8 Å². The smallest absolute Gasteiger partial charge is 0.220 e. The van der Waals surface area contributed by atoms with E-state index in [4.69, 9.17) is 4.42 Å². The predicted molar refractivity (Wildman–Crippen MR) is 110 cm³/mol. The highest BCUT2D eigenvalue weighted by molar-refractivity contribution is 5.76. The number of aromatic nitrogens is 1. The SMILES string of the molecule is C[C@@H](NC(=O)CCc1ncc(-c2ccc(F)cc2F)o1)c1ccc2c(c1)CCCC2. The van der Waals surface area contributed by atoms with E-state index in [0.29, 0.717) is 12.3 Å². The number of hydrogen-bond acceptors (Lipinski definition) is 3. The molecule has 1 heterocycles. The van der Waals surface area contributed by atoms with Gasteiger partial charge in [-0.1, -0.05) is 18.2 Å². The average molecular weight is 410 g/mol. The van der Waals surface area contributed by atoms with Gasteiger partial charge in [0.05, 0.1) is 17.8 Å². The molecular weight excluding hydrogens is 386 g/mol. The maximum Gasteiger partial charge on any atom is 0.220 e. The summed E-state index contributed by atoms with van der Waals surface area (Å²) in [5.74, 6) is -0.918. The molecule has 156 valence electrons. The highest BCUT2D eigenvalue weighted by Crippen LogP contribution is 2.26. The number of aryl methyl sites for hydroxylation is 3. The van der Waals surface area contributed by atoms with Crippen LogP contribution < -0.4 is 5.32 Å². The largest absolute Gasteiger partial charge is 0.441 e. The minimum Gasteiger partial charge on any atom is -0.441 e. The lowest BCUT2D eigenvalue weighted by Crippen LogP contribution is -2.27. The molecule has 0 radical (unpaired) electrons. The van der Waals surface area contributed by atoms with Crippen LogP contribution in [0.5, 0.6) is 0 Å². The van der Waals surface area contributed by atoms with Crippen LogP contribution in [0.1, 0.15) is 54.8 Å². The van der Waals surface area contributed by atoms with Crippen molar-refractivity contribution >= 4 is 5.91 Å². The van der Waals surface area contributed by atoms with Gasteiger partial charge in [-0.15, -0.1) is 0 Å². The Morgan fingerprint density at radius 3 is 2.73 bits per heavy atom. The van der Waals surface area contributed by atoms with Crippen LogP contribution in [-0.4, -0.2) is 10.9 Å². The third-order valence-corrected chi connectivity index (χ3v) is 5.57. The van der Waals surface area contributed by atoms with Crippen LogP contribution in [0.2, 0.25) is 0 Å². The van der Waals surface area contributed by atoms with Gasteiger partial charge in [-0.2, -0.15) is 0 Å². The Labute approximate surface area is 174 Å². The lowest BCUT2D eigenvalue weighted by atomic mass is 9.89. The van der Waals surface area contributed by atoms with Crippen molar-refractivity contribution in [3.05, 3.63) is 76.8 Å². The maximum absolute atomic E-state index is 13.9. The molecule has 3 aromatic rings. The summed E-state index contributed by atoms with van der Waals surface area (Å²) in [7, 11) is 0. The minimum atomic E-state index is -0.714. The summed E-state index contributed by atoms with van der Waals surface area (Å²) >= 11 is 0. The number of hydrogen-bond donors (Lipinski definition) is 1. The van der Waals surface area contributed by atoms with Gasteiger partial charge in [0.25, 0.3) is 0 Å². The summed E-state index contributed by atoms with van der Waals surface area (Å²) in [6, 6.07) is 9.66. The molecule has 6 heteroatoms. The van der Waals surface area contributed by atoms with E-state index in [9.17, 15) is 13.6 Å². The molecule has 0 saturated heterocycles. The lowest BCUT2D eigenvalue weighted by Gasteiger charge is -2.20. The lowest BCUT2D eigenvalue weighted by molar-refractivity contribution is -0.121. The highest BCUT2D eigenvalue weighted by Gasteiger charge is 2.16. The van der Waals surface area contributed by atoms with Crippen molar-refractivity contribution in [3.8, 4) is 11.3 Å². The zero-order valence-electron chi connectivity index (χ0n) is 16.9. The molecular formula is C24H24F2N2O2. The van der Waals surface area contributed by atoms with E-state index in [-0.39, 0.29) is 29.7 Å². The van der Waals surface area contributed by atoms with Crippen molar-refractivity contribution in [1.82, 2.24) is 10.3 Å². The van der Waals surface area contributed by atoms with E-state index < -0.39 is 11.6 Å². The summed E-state index contributed by atoms with van der Waals surface area (Å²) in [6.45, 7) is 1.98. The summed E-state index contributed by atoms with van der Waals surface area (Å²) in [5, 5.41) is 3.02. The Morgan fingerprint density at radius 1 is 1.13 bits per heavy atom. The molecule has 1 amide bonds. The van der Waals surface area contributed by atoms with Gasteiger partial charge in [0.15, 0.2) is 11.7 Å². The molecule has 0 fully saturated rings. The molecule has 4 nitrogen and oxygen atoms in total. The molecule has 1 atom stereocenters. The van der Waals surface area contributed by atoms with Crippen molar-refractivity contribution in [2.24, 2.45) is 0 Å². The van der Waals surface area contributed by atoms with Gasteiger partial charge >= 0.3 is 0 Å². The van der Waals surface area contributed by atoms with Gasteiger partial charge in [0, 0.05) is 18.9 Å². The molecule has 1 aromatic heterocycles. The van der Waals surface area contributed by atoms with Gasteiger partial charge in [-0.3, -0.25) is 4.79 Å².